The van der Waals surface area contributed by atoms with E-state index in [1.807, 2.05) is 36.4 Å². The van der Waals surface area contributed by atoms with E-state index in [9.17, 15) is 9.59 Å². The van der Waals surface area contributed by atoms with Crippen LogP contribution >= 0.6 is 0 Å². The number of ether oxygens (including phenoxy) is 2. The van der Waals surface area contributed by atoms with Crippen molar-refractivity contribution < 1.29 is 23.5 Å². The topological polar surface area (TPSA) is 89.8 Å². The van der Waals surface area contributed by atoms with Gasteiger partial charge in [0.25, 0.3) is 5.91 Å². The summed E-state index contributed by atoms with van der Waals surface area (Å²) < 4.78 is 16.9. The standard InChI is InChI=1S/C26H20N2O5/c29-23(13-10-17-6-2-1-3-7-17)28-24-19-8-4-5-9-20(19)33-25(24)26(30)27-18-11-12-21-22(16-18)32-15-14-31-21/h1-13,16H,14-15H2,(H,27,30)(H,28,29). The van der Waals surface area contributed by atoms with Crippen molar-refractivity contribution >= 4 is 40.2 Å². The Kier molecular flexibility index (Phi) is 5.51. The first-order valence-corrected chi connectivity index (χ1v) is 10.4. The van der Waals surface area contributed by atoms with E-state index < -0.39 is 5.91 Å². The van der Waals surface area contributed by atoms with Crippen molar-refractivity contribution in [1.29, 1.82) is 0 Å². The van der Waals surface area contributed by atoms with Crippen molar-refractivity contribution in [2.24, 2.45) is 0 Å². The number of furan rings is 1. The molecule has 0 spiro atoms. The SMILES string of the molecule is O=C(C=Cc1ccccc1)Nc1c(C(=O)Nc2ccc3c(c2)OCCO3)oc2ccccc12. The second-order valence-electron chi connectivity index (χ2n) is 7.35. The predicted octanol–water partition coefficient (Wildman–Crippen LogP) is 5.11. The highest BCUT2D eigenvalue weighted by atomic mass is 16.6. The maximum Gasteiger partial charge on any atom is 0.293 e. The van der Waals surface area contributed by atoms with Crippen LogP contribution in [0.1, 0.15) is 16.1 Å². The van der Waals surface area contributed by atoms with Gasteiger partial charge in [-0.15, -0.1) is 0 Å². The molecule has 33 heavy (non-hydrogen) atoms. The molecule has 4 aromatic rings. The van der Waals surface area contributed by atoms with Gasteiger partial charge in [0, 0.05) is 23.2 Å². The molecule has 0 atom stereocenters. The molecule has 1 aliphatic heterocycles. The van der Waals surface area contributed by atoms with Crippen LogP contribution in [0.25, 0.3) is 17.0 Å². The van der Waals surface area contributed by atoms with Crippen LogP contribution in [0.4, 0.5) is 11.4 Å². The number of rotatable bonds is 5. The number of fused-ring (bicyclic) bond motifs is 2. The van der Waals surface area contributed by atoms with Crippen molar-refractivity contribution in [2.75, 3.05) is 23.8 Å². The minimum absolute atomic E-state index is 0.00699. The molecule has 0 saturated carbocycles. The molecule has 2 heterocycles. The van der Waals surface area contributed by atoms with Gasteiger partial charge in [-0.25, -0.2) is 0 Å². The fourth-order valence-electron chi connectivity index (χ4n) is 3.54. The molecule has 5 rings (SSSR count). The molecule has 0 bridgehead atoms. The van der Waals surface area contributed by atoms with Crippen molar-refractivity contribution in [3.8, 4) is 11.5 Å². The second-order valence-corrected chi connectivity index (χ2v) is 7.35. The van der Waals surface area contributed by atoms with Gasteiger partial charge in [-0.2, -0.15) is 0 Å². The molecule has 7 heteroatoms. The molecular formula is C26H20N2O5. The van der Waals surface area contributed by atoms with E-state index in [-0.39, 0.29) is 11.7 Å². The van der Waals surface area contributed by atoms with Crippen LogP contribution in [0.15, 0.2) is 83.3 Å². The van der Waals surface area contributed by atoms with Gasteiger partial charge in [-0.1, -0.05) is 42.5 Å². The summed E-state index contributed by atoms with van der Waals surface area (Å²) in [4.78, 5) is 25.7. The van der Waals surface area contributed by atoms with Crippen LogP contribution in [0.3, 0.4) is 0 Å². The third-order valence-electron chi connectivity index (χ3n) is 5.08. The smallest absolute Gasteiger partial charge is 0.293 e. The second kappa shape index (κ2) is 8.92. The van der Waals surface area contributed by atoms with Gasteiger partial charge in [0.15, 0.2) is 11.5 Å². The fourth-order valence-corrected chi connectivity index (χ4v) is 3.54. The quantitative estimate of drug-likeness (QED) is 0.421. The van der Waals surface area contributed by atoms with E-state index in [1.165, 1.54) is 6.08 Å². The lowest BCUT2D eigenvalue weighted by Crippen LogP contribution is -2.17. The maximum absolute atomic E-state index is 13.1. The van der Waals surface area contributed by atoms with Crippen LogP contribution in [0, 0.1) is 0 Å². The summed E-state index contributed by atoms with van der Waals surface area (Å²) in [7, 11) is 0. The average Bonchev–Trinajstić information content (AvgIpc) is 3.22. The first-order chi connectivity index (χ1) is 16.2. The van der Waals surface area contributed by atoms with E-state index in [4.69, 9.17) is 13.9 Å². The van der Waals surface area contributed by atoms with Gasteiger partial charge in [0.1, 0.15) is 24.5 Å². The number of hydrogen-bond donors (Lipinski definition) is 2. The molecule has 2 amide bonds. The van der Waals surface area contributed by atoms with E-state index in [1.54, 1.807) is 42.5 Å². The van der Waals surface area contributed by atoms with Gasteiger partial charge in [-0.3, -0.25) is 9.59 Å². The first kappa shape index (κ1) is 20.4. The Bertz CT molecular complexity index is 1360. The molecule has 1 aliphatic rings. The van der Waals surface area contributed by atoms with Crippen LogP contribution in [-0.4, -0.2) is 25.0 Å². The van der Waals surface area contributed by atoms with Gasteiger partial charge in [0.05, 0.1) is 0 Å². The Morgan fingerprint density at radius 2 is 1.58 bits per heavy atom. The lowest BCUT2D eigenvalue weighted by atomic mass is 10.2. The summed E-state index contributed by atoms with van der Waals surface area (Å²) in [6.45, 7) is 0.931. The van der Waals surface area contributed by atoms with Crippen LogP contribution in [-0.2, 0) is 4.79 Å². The van der Waals surface area contributed by atoms with Crippen LogP contribution in [0.5, 0.6) is 11.5 Å². The Morgan fingerprint density at radius 3 is 2.42 bits per heavy atom. The van der Waals surface area contributed by atoms with Crippen LogP contribution < -0.4 is 20.1 Å². The Morgan fingerprint density at radius 1 is 0.818 bits per heavy atom. The number of nitrogens with one attached hydrogen (secondary N) is 2. The molecular weight excluding hydrogens is 420 g/mol. The number of amides is 2. The minimum atomic E-state index is -0.495. The Labute approximate surface area is 189 Å². The van der Waals surface area contributed by atoms with Gasteiger partial charge in [0.2, 0.25) is 11.7 Å². The third kappa shape index (κ3) is 4.43. The normalized spacial score (nSPS) is 12.6. The number of anilines is 2. The average molecular weight is 440 g/mol. The van der Waals surface area contributed by atoms with Crippen molar-refractivity contribution in [3.05, 3.63) is 90.2 Å². The number of benzene rings is 3. The van der Waals surface area contributed by atoms with Gasteiger partial charge >= 0.3 is 0 Å². The lowest BCUT2D eigenvalue weighted by molar-refractivity contribution is -0.111. The highest BCUT2D eigenvalue weighted by molar-refractivity contribution is 6.16. The summed E-state index contributed by atoms with van der Waals surface area (Å²) in [5, 5.41) is 6.23. The third-order valence-corrected chi connectivity index (χ3v) is 5.08. The lowest BCUT2D eigenvalue weighted by Gasteiger charge is -2.18. The number of carbonyl (C=O) groups is 2. The minimum Gasteiger partial charge on any atom is -0.486 e. The van der Waals surface area contributed by atoms with Crippen molar-refractivity contribution in [2.45, 2.75) is 0 Å². The maximum atomic E-state index is 13.1. The van der Waals surface area contributed by atoms with Gasteiger partial charge < -0.3 is 24.5 Å². The molecule has 3 aromatic carbocycles. The van der Waals surface area contributed by atoms with Gasteiger partial charge in [-0.05, 0) is 35.9 Å². The van der Waals surface area contributed by atoms with E-state index in [0.717, 1.165) is 5.56 Å². The number of para-hydroxylation sites is 1. The first-order valence-electron chi connectivity index (χ1n) is 10.4. The summed E-state index contributed by atoms with van der Waals surface area (Å²) in [5.74, 6) is 0.320. The number of hydrogen-bond acceptors (Lipinski definition) is 5. The Balaban J connectivity index is 1.41. The predicted molar refractivity (Wildman–Crippen MR) is 126 cm³/mol. The largest absolute Gasteiger partial charge is 0.486 e. The van der Waals surface area contributed by atoms with Crippen molar-refractivity contribution in [1.82, 2.24) is 0 Å². The summed E-state index contributed by atoms with van der Waals surface area (Å²) >= 11 is 0. The fraction of sp³-hybridized carbons (Fsp3) is 0.0769. The van der Waals surface area contributed by atoms with E-state index >= 15 is 0 Å². The molecule has 0 unspecified atom stereocenters. The Hall–Kier alpha value is -4.52. The monoisotopic (exact) mass is 440 g/mol. The molecule has 0 aliphatic carbocycles. The highest BCUT2D eigenvalue weighted by Crippen LogP contribution is 2.34. The molecule has 164 valence electrons. The summed E-state index contributed by atoms with van der Waals surface area (Å²) in [5.41, 5.74) is 2.21. The zero-order valence-electron chi connectivity index (χ0n) is 17.5. The molecule has 0 saturated heterocycles. The van der Waals surface area contributed by atoms with E-state index in [0.29, 0.717) is 47.1 Å². The zero-order valence-corrected chi connectivity index (χ0v) is 17.5. The molecule has 2 N–H and O–H groups in total. The molecule has 7 nitrogen and oxygen atoms in total. The molecule has 1 aromatic heterocycles. The zero-order chi connectivity index (χ0) is 22.6. The summed E-state index contributed by atoms with van der Waals surface area (Å²) in [6.07, 6.45) is 3.12. The molecule has 0 radical (unpaired) electrons. The van der Waals surface area contributed by atoms with Crippen molar-refractivity contribution in [3.63, 3.8) is 0 Å². The highest BCUT2D eigenvalue weighted by Gasteiger charge is 2.22. The van der Waals surface area contributed by atoms with E-state index in [2.05, 4.69) is 10.6 Å². The van der Waals surface area contributed by atoms with Crippen LogP contribution in [0.2, 0.25) is 0 Å². The summed E-state index contributed by atoms with van der Waals surface area (Å²) in [6, 6.07) is 21.8. The number of carbonyl (C=O) groups excluding carboxylic acids is 2. The molecule has 0 fully saturated rings.